The highest BCUT2D eigenvalue weighted by atomic mass is 79.9. The van der Waals surface area contributed by atoms with Crippen molar-refractivity contribution in [2.24, 2.45) is 5.73 Å². The van der Waals surface area contributed by atoms with Crippen LogP contribution in [0.2, 0.25) is 0 Å². The van der Waals surface area contributed by atoms with Gasteiger partial charge < -0.3 is 15.2 Å². The Kier molecular flexibility index (Phi) is 7.90. The smallest absolute Gasteiger partial charge is 0.147 e. The average Bonchev–Trinajstić information content (AvgIpc) is 2.32. The topological polar surface area (TPSA) is 44.5 Å². The summed E-state index contributed by atoms with van der Waals surface area (Å²) in [5.74, 6) is 0.840. The molecular formula is C13H19Br2NO2. The minimum atomic E-state index is 0.646. The number of benzene rings is 1. The van der Waals surface area contributed by atoms with Crippen molar-refractivity contribution in [3.63, 3.8) is 0 Å². The molecule has 0 unspecified atom stereocenters. The van der Waals surface area contributed by atoms with Crippen LogP contribution in [-0.4, -0.2) is 26.4 Å². The van der Waals surface area contributed by atoms with Gasteiger partial charge in [-0.05, 0) is 69.4 Å². The van der Waals surface area contributed by atoms with Gasteiger partial charge in [-0.2, -0.15) is 0 Å². The number of halogens is 2. The Morgan fingerprint density at radius 1 is 1.17 bits per heavy atom. The van der Waals surface area contributed by atoms with Gasteiger partial charge in [0.25, 0.3) is 0 Å². The van der Waals surface area contributed by atoms with E-state index in [0.717, 1.165) is 40.8 Å². The van der Waals surface area contributed by atoms with E-state index in [1.807, 2.05) is 6.92 Å². The Balaban J connectivity index is 2.54. The second-order valence-corrected chi connectivity index (χ2v) is 5.53. The van der Waals surface area contributed by atoms with Crippen molar-refractivity contribution in [1.82, 2.24) is 0 Å². The lowest BCUT2D eigenvalue weighted by Gasteiger charge is -2.12. The molecule has 0 saturated carbocycles. The number of nitrogens with two attached hydrogens (primary N) is 1. The molecular weight excluding hydrogens is 362 g/mol. The van der Waals surface area contributed by atoms with Gasteiger partial charge in [-0.15, -0.1) is 0 Å². The molecule has 0 bridgehead atoms. The van der Waals surface area contributed by atoms with Crippen molar-refractivity contribution in [3.8, 4) is 5.75 Å². The summed E-state index contributed by atoms with van der Waals surface area (Å²) < 4.78 is 12.9. The van der Waals surface area contributed by atoms with E-state index in [1.54, 1.807) is 0 Å². The highest BCUT2D eigenvalue weighted by molar-refractivity contribution is 9.11. The van der Waals surface area contributed by atoms with Crippen molar-refractivity contribution < 1.29 is 9.47 Å². The van der Waals surface area contributed by atoms with Gasteiger partial charge in [0, 0.05) is 19.6 Å². The zero-order valence-corrected chi connectivity index (χ0v) is 13.7. The standard InChI is InChI=1S/C13H19Br2NO2/c1-2-17-6-3-7-18-13-11(14)8-10(4-5-16)9-12(13)15/h8-9H,2-7,16H2,1H3. The van der Waals surface area contributed by atoms with Gasteiger partial charge in [-0.3, -0.25) is 0 Å². The van der Waals surface area contributed by atoms with E-state index in [-0.39, 0.29) is 0 Å². The summed E-state index contributed by atoms with van der Waals surface area (Å²) in [6.45, 7) is 4.77. The van der Waals surface area contributed by atoms with Crippen molar-refractivity contribution in [3.05, 3.63) is 26.6 Å². The number of ether oxygens (including phenoxy) is 2. The molecule has 0 aliphatic rings. The first-order chi connectivity index (χ1) is 8.69. The van der Waals surface area contributed by atoms with E-state index >= 15 is 0 Å². The fourth-order valence-electron chi connectivity index (χ4n) is 1.54. The molecule has 0 saturated heterocycles. The lowest BCUT2D eigenvalue weighted by molar-refractivity contribution is 0.130. The third-order valence-corrected chi connectivity index (χ3v) is 3.55. The normalized spacial score (nSPS) is 10.7. The van der Waals surface area contributed by atoms with Crippen LogP contribution in [0.1, 0.15) is 18.9 Å². The minimum Gasteiger partial charge on any atom is -0.491 e. The second-order valence-electron chi connectivity index (χ2n) is 3.83. The summed E-state index contributed by atoms with van der Waals surface area (Å²) in [5.41, 5.74) is 6.74. The van der Waals surface area contributed by atoms with Crippen LogP contribution in [0.25, 0.3) is 0 Å². The quantitative estimate of drug-likeness (QED) is 0.701. The van der Waals surface area contributed by atoms with Gasteiger partial charge in [-0.1, -0.05) is 0 Å². The van der Waals surface area contributed by atoms with E-state index in [4.69, 9.17) is 15.2 Å². The Hall–Kier alpha value is -0.100. The summed E-state index contributed by atoms with van der Waals surface area (Å²) in [4.78, 5) is 0. The molecule has 0 aliphatic carbocycles. The summed E-state index contributed by atoms with van der Waals surface area (Å²) in [6.07, 6.45) is 1.75. The zero-order valence-electron chi connectivity index (χ0n) is 10.5. The van der Waals surface area contributed by atoms with Crippen LogP contribution in [-0.2, 0) is 11.2 Å². The highest BCUT2D eigenvalue weighted by Gasteiger charge is 2.08. The van der Waals surface area contributed by atoms with Crippen molar-refractivity contribution in [2.45, 2.75) is 19.8 Å². The highest BCUT2D eigenvalue weighted by Crippen LogP contribution is 2.34. The molecule has 18 heavy (non-hydrogen) atoms. The van der Waals surface area contributed by atoms with Crippen molar-refractivity contribution >= 4 is 31.9 Å². The molecule has 1 aromatic rings. The van der Waals surface area contributed by atoms with E-state index < -0.39 is 0 Å². The van der Waals surface area contributed by atoms with Gasteiger partial charge >= 0.3 is 0 Å². The Morgan fingerprint density at radius 3 is 2.39 bits per heavy atom. The third-order valence-electron chi connectivity index (χ3n) is 2.37. The van der Waals surface area contributed by atoms with Gasteiger partial charge in [0.1, 0.15) is 5.75 Å². The molecule has 3 nitrogen and oxygen atoms in total. The molecule has 1 rings (SSSR count). The van der Waals surface area contributed by atoms with Crippen LogP contribution in [0.15, 0.2) is 21.1 Å². The minimum absolute atomic E-state index is 0.646. The molecule has 0 aliphatic heterocycles. The number of rotatable bonds is 8. The van der Waals surface area contributed by atoms with Crippen LogP contribution >= 0.6 is 31.9 Å². The predicted octanol–water partition coefficient (Wildman–Crippen LogP) is 3.52. The Morgan fingerprint density at radius 2 is 1.83 bits per heavy atom. The van der Waals surface area contributed by atoms with E-state index in [9.17, 15) is 0 Å². The number of hydrogen-bond acceptors (Lipinski definition) is 3. The summed E-state index contributed by atoms with van der Waals surface area (Å²) in [7, 11) is 0. The summed E-state index contributed by atoms with van der Waals surface area (Å²) in [5, 5.41) is 0. The van der Waals surface area contributed by atoms with Gasteiger partial charge in [0.15, 0.2) is 0 Å². The molecule has 1 aromatic carbocycles. The van der Waals surface area contributed by atoms with Crippen LogP contribution in [0.5, 0.6) is 5.75 Å². The lowest BCUT2D eigenvalue weighted by atomic mass is 10.1. The third kappa shape index (κ3) is 5.26. The van der Waals surface area contributed by atoms with Crippen LogP contribution in [0.4, 0.5) is 0 Å². The van der Waals surface area contributed by atoms with Gasteiger partial charge in [0.2, 0.25) is 0 Å². The molecule has 102 valence electrons. The van der Waals surface area contributed by atoms with E-state index in [0.29, 0.717) is 13.2 Å². The summed E-state index contributed by atoms with van der Waals surface area (Å²) in [6, 6.07) is 4.10. The Bertz CT molecular complexity index is 349. The van der Waals surface area contributed by atoms with Crippen molar-refractivity contribution in [2.75, 3.05) is 26.4 Å². The lowest BCUT2D eigenvalue weighted by Crippen LogP contribution is -2.05. The molecule has 0 radical (unpaired) electrons. The first-order valence-corrected chi connectivity index (χ1v) is 7.66. The molecule has 2 N–H and O–H groups in total. The van der Waals surface area contributed by atoms with Gasteiger partial charge in [0.05, 0.1) is 15.6 Å². The second kappa shape index (κ2) is 8.91. The maximum Gasteiger partial charge on any atom is 0.147 e. The average molecular weight is 381 g/mol. The zero-order chi connectivity index (χ0) is 13.4. The molecule has 0 spiro atoms. The first-order valence-electron chi connectivity index (χ1n) is 6.07. The Labute approximate surface area is 125 Å². The van der Waals surface area contributed by atoms with Crippen LogP contribution < -0.4 is 10.5 Å². The maximum absolute atomic E-state index is 5.74. The van der Waals surface area contributed by atoms with E-state index in [2.05, 4.69) is 44.0 Å². The molecule has 5 heteroatoms. The molecule has 0 heterocycles. The first kappa shape index (κ1) is 16.0. The molecule has 0 amide bonds. The van der Waals surface area contributed by atoms with E-state index in [1.165, 1.54) is 5.56 Å². The van der Waals surface area contributed by atoms with Crippen LogP contribution in [0.3, 0.4) is 0 Å². The fraction of sp³-hybridized carbons (Fsp3) is 0.538. The monoisotopic (exact) mass is 379 g/mol. The molecule has 0 atom stereocenters. The van der Waals surface area contributed by atoms with Crippen molar-refractivity contribution in [1.29, 1.82) is 0 Å². The maximum atomic E-state index is 5.74. The van der Waals surface area contributed by atoms with Gasteiger partial charge in [-0.25, -0.2) is 0 Å². The summed E-state index contributed by atoms with van der Waals surface area (Å²) >= 11 is 7.05. The molecule has 0 fully saturated rings. The predicted molar refractivity (Wildman–Crippen MR) is 81.2 cm³/mol. The fourth-order valence-corrected chi connectivity index (χ4v) is 3.05. The SMILES string of the molecule is CCOCCCOc1c(Br)cc(CCN)cc1Br. The largest absolute Gasteiger partial charge is 0.491 e. The number of hydrogen-bond donors (Lipinski definition) is 1. The molecule has 0 aromatic heterocycles. The van der Waals surface area contributed by atoms with Crippen LogP contribution in [0, 0.1) is 0 Å².